The molecule has 10 heteroatoms. The molecule has 2 saturated heterocycles. The van der Waals surface area contributed by atoms with E-state index in [0.717, 1.165) is 23.4 Å². The molecule has 0 unspecified atom stereocenters. The summed E-state index contributed by atoms with van der Waals surface area (Å²) in [7, 11) is 0. The molecule has 1 N–H and O–H groups in total. The maximum Gasteiger partial charge on any atom is 0.416 e. The Morgan fingerprint density at radius 1 is 0.879 bits per heavy atom. The number of aryl methyl sites for hydroxylation is 1. The second-order valence-electron chi connectivity index (χ2n) is 8.05. The molecule has 2 aliphatic rings. The Morgan fingerprint density at radius 3 is 2.00 bits per heavy atom. The Hall–Kier alpha value is -3.56. The summed E-state index contributed by atoms with van der Waals surface area (Å²) >= 11 is 0. The lowest BCUT2D eigenvalue weighted by Crippen LogP contribution is -2.50. The molecule has 0 spiro atoms. The standard InChI is InChI=1S/C23H23F3N4O3/c1-15-13-17(5-6-19(15)30-8-7-27-22(30)33)21(32)29-11-9-28(10-12-29)20(31)16-3-2-4-18(14-16)23(24,25)26/h2-6,13-14H,7-12H2,1H3,(H,27,33). The van der Waals surface area contributed by atoms with Gasteiger partial charge in [0.05, 0.1) is 5.56 Å². The fourth-order valence-electron chi connectivity index (χ4n) is 4.10. The number of benzene rings is 2. The number of anilines is 1. The Kier molecular flexibility index (Phi) is 6.01. The molecule has 0 radical (unpaired) electrons. The Morgan fingerprint density at radius 2 is 1.48 bits per heavy atom. The van der Waals surface area contributed by atoms with Crippen molar-refractivity contribution in [2.24, 2.45) is 0 Å². The number of hydrogen-bond acceptors (Lipinski definition) is 3. The number of carbonyl (C=O) groups excluding carboxylic acids is 3. The van der Waals surface area contributed by atoms with E-state index in [2.05, 4.69) is 5.32 Å². The molecule has 2 heterocycles. The number of urea groups is 1. The van der Waals surface area contributed by atoms with Crippen LogP contribution in [-0.2, 0) is 6.18 Å². The van der Waals surface area contributed by atoms with E-state index in [4.69, 9.17) is 0 Å². The molecule has 2 aromatic rings. The Labute approximate surface area is 188 Å². The van der Waals surface area contributed by atoms with Crippen molar-refractivity contribution in [2.75, 3.05) is 44.2 Å². The molecule has 0 aliphatic carbocycles. The van der Waals surface area contributed by atoms with Gasteiger partial charge >= 0.3 is 12.2 Å². The fourth-order valence-corrected chi connectivity index (χ4v) is 4.10. The highest BCUT2D eigenvalue weighted by molar-refractivity contribution is 5.98. The smallest absolute Gasteiger partial charge is 0.336 e. The second kappa shape index (κ2) is 8.76. The van der Waals surface area contributed by atoms with Crippen LogP contribution in [0.4, 0.5) is 23.7 Å². The number of piperazine rings is 1. The summed E-state index contributed by atoms with van der Waals surface area (Å²) in [5, 5.41) is 2.74. The van der Waals surface area contributed by atoms with E-state index in [1.807, 2.05) is 6.92 Å². The maximum absolute atomic E-state index is 13.0. The van der Waals surface area contributed by atoms with Crippen molar-refractivity contribution < 1.29 is 27.6 Å². The Balaban J connectivity index is 1.40. The number of amides is 4. The first kappa shape index (κ1) is 22.6. The number of halogens is 3. The molecule has 0 saturated carbocycles. The third-order valence-electron chi connectivity index (χ3n) is 5.88. The van der Waals surface area contributed by atoms with Gasteiger partial charge in [0.25, 0.3) is 11.8 Å². The van der Waals surface area contributed by atoms with Gasteiger partial charge in [0.1, 0.15) is 0 Å². The molecule has 0 atom stereocenters. The minimum absolute atomic E-state index is 0.0261. The average Bonchev–Trinajstić information content (AvgIpc) is 3.23. The lowest BCUT2D eigenvalue weighted by molar-refractivity contribution is -0.137. The second-order valence-corrected chi connectivity index (χ2v) is 8.05. The lowest BCUT2D eigenvalue weighted by atomic mass is 10.1. The first-order chi connectivity index (χ1) is 15.6. The predicted octanol–water partition coefficient (Wildman–Crippen LogP) is 3.14. The summed E-state index contributed by atoms with van der Waals surface area (Å²) in [6, 6.07) is 9.36. The van der Waals surface area contributed by atoms with Crippen molar-refractivity contribution in [3.8, 4) is 0 Å². The summed E-state index contributed by atoms with van der Waals surface area (Å²) in [6.07, 6.45) is -4.52. The third kappa shape index (κ3) is 4.64. The van der Waals surface area contributed by atoms with Gasteiger partial charge in [0.15, 0.2) is 0 Å². The largest absolute Gasteiger partial charge is 0.416 e. The van der Waals surface area contributed by atoms with Crippen LogP contribution in [-0.4, -0.2) is 66.9 Å². The average molecular weight is 460 g/mol. The first-order valence-corrected chi connectivity index (χ1v) is 10.6. The van der Waals surface area contributed by atoms with Gasteiger partial charge in [-0.25, -0.2) is 4.79 Å². The summed E-state index contributed by atoms with van der Waals surface area (Å²) in [5.74, 6) is -0.682. The Bertz CT molecular complexity index is 1090. The van der Waals surface area contributed by atoms with Crippen molar-refractivity contribution in [3.05, 3.63) is 64.7 Å². The third-order valence-corrected chi connectivity index (χ3v) is 5.88. The van der Waals surface area contributed by atoms with Gasteiger partial charge in [-0.05, 0) is 48.9 Å². The summed E-state index contributed by atoms with van der Waals surface area (Å²) in [4.78, 5) is 42.2. The van der Waals surface area contributed by atoms with Crippen LogP contribution >= 0.6 is 0 Å². The zero-order valence-corrected chi connectivity index (χ0v) is 18.0. The van der Waals surface area contributed by atoms with E-state index in [-0.39, 0.29) is 43.7 Å². The monoisotopic (exact) mass is 460 g/mol. The van der Waals surface area contributed by atoms with E-state index in [1.54, 1.807) is 28.0 Å². The molecule has 174 valence electrons. The minimum Gasteiger partial charge on any atom is -0.336 e. The predicted molar refractivity (Wildman–Crippen MR) is 115 cm³/mol. The van der Waals surface area contributed by atoms with Crippen LogP contribution in [0.2, 0.25) is 0 Å². The SMILES string of the molecule is Cc1cc(C(=O)N2CCN(C(=O)c3cccc(C(F)(F)F)c3)CC2)ccc1N1CCNC1=O. The van der Waals surface area contributed by atoms with Gasteiger partial charge in [-0.3, -0.25) is 14.5 Å². The number of alkyl halides is 3. The molecule has 2 aromatic carbocycles. The highest BCUT2D eigenvalue weighted by Gasteiger charge is 2.32. The summed E-state index contributed by atoms with van der Waals surface area (Å²) in [6.45, 7) is 3.98. The molecular weight excluding hydrogens is 437 g/mol. The summed E-state index contributed by atoms with van der Waals surface area (Å²) in [5.41, 5.74) is 1.14. The van der Waals surface area contributed by atoms with Crippen LogP contribution in [0.1, 0.15) is 31.8 Å². The normalized spacial score (nSPS) is 16.7. The maximum atomic E-state index is 13.0. The fraction of sp³-hybridized carbons (Fsp3) is 0.348. The van der Waals surface area contributed by atoms with Crippen molar-refractivity contribution in [1.29, 1.82) is 0 Å². The number of rotatable bonds is 3. The van der Waals surface area contributed by atoms with Gasteiger partial charge in [-0.2, -0.15) is 13.2 Å². The van der Waals surface area contributed by atoms with Crippen molar-refractivity contribution in [1.82, 2.24) is 15.1 Å². The molecule has 4 amide bonds. The molecule has 2 fully saturated rings. The van der Waals surface area contributed by atoms with Crippen LogP contribution in [0.25, 0.3) is 0 Å². The van der Waals surface area contributed by atoms with Crippen LogP contribution in [0.5, 0.6) is 0 Å². The van der Waals surface area contributed by atoms with Crippen molar-refractivity contribution in [2.45, 2.75) is 13.1 Å². The quantitative estimate of drug-likeness (QED) is 0.765. The molecule has 4 rings (SSSR count). The van der Waals surface area contributed by atoms with Gasteiger partial charge in [-0.15, -0.1) is 0 Å². The van der Waals surface area contributed by atoms with Gasteiger partial charge < -0.3 is 15.1 Å². The number of nitrogens with one attached hydrogen (secondary N) is 1. The van der Waals surface area contributed by atoms with E-state index in [0.29, 0.717) is 18.7 Å². The van der Waals surface area contributed by atoms with Gasteiger partial charge in [0.2, 0.25) is 0 Å². The zero-order chi connectivity index (χ0) is 23.8. The number of carbonyl (C=O) groups is 3. The molecule has 2 aliphatic heterocycles. The zero-order valence-electron chi connectivity index (χ0n) is 18.0. The lowest BCUT2D eigenvalue weighted by Gasteiger charge is -2.35. The van der Waals surface area contributed by atoms with E-state index in [1.165, 1.54) is 17.0 Å². The highest BCUT2D eigenvalue weighted by atomic mass is 19.4. The van der Waals surface area contributed by atoms with E-state index in [9.17, 15) is 27.6 Å². The van der Waals surface area contributed by atoms with E-state index < -0.39 is 17.6 Å². The van der Waals surface area contributed by atoms with Crippen LogP contribution in [0, 0.1) is 6.92 Å². The van der Waals surface area contributed by atoms with Crippen LogP contribution in [0.15, 0.2) is 42.5 Å². The molecule has 0 aromatic heterocycles. The van der Waals surface area contributed by atoms with Crippen molar-refractivity contribution >= 4 is 23.5 Å². The van der Waals surface area contributed by atoms with Gasteiger partial charge in [-0.1, -0.05) is 6.07 Å². The summed E-state index contributed by atoms with van der Waals surface area (Å²) < 4.78 is 38.8. The van der Waals surface area contributed by atoms with Crippen LogP contribution < -0.4 is 10.2 Å². The molecule has 33 heavy (non-hydrogen) atoms. The number of hydrogen-bond donors (Lipinski definition) is 1. The van der Waals surface area contributed by atoms with Crippen LogP contribution in [0.3, 0.4) is 0 Å². The molecule has 7 nitrogen and oxygen atoms in total. The highest BCUT2D eigenvalue weighted by Crippen LogP contribution is 2.30. The van der Waals surface area contributed by atoms with E-state index >= 15 is 0 Å². The molecule has 0 bridgehead atoms. The number of nitrogens with zero attached hydrogens (tertiary/aromatic N) is 3. The van der Waals surface area contributed by atoms with Crippen molar-refractivity contribution in [3.63, 3.8) is 0 Å². The molecular formula is C23H23F3N4O3. The van der Waals surface area contributed by atoms with Gasteiger partial charge in [0, 0.05) is 56.1 Å². The minimum atomic E-state index is -4.52. The first-order valence-electron chi connectivity index (χ1n) is 10.6. The topological polar surface area (TPSA) is 73.0 Å².